The Bertz CT molecular complexity index is 1410. The fraction of sp³-hybridized carbons (Fsp3) is 0.333. The first kappa shape index (κ1) is 20.6. The van der Waals surface area contributed by atoms with Crippen molar-refractivity contribution < 1.29 is 4.79 Å². The molecule has 1 aliphatic rings. The van der Waals surface area contributed by atoms with Crippen LogP contribution in [0.3, 0.4) is 0 Å². The van der Waals surface area contributed by atoms with E-state index in [4.69, 9.17) is 0 Å². The number of benzene rings is 1. The Balaban J connectivity index is 1.35. The minimum Gasteiger partial charge on any atom is -0.302 e. The Kier molecular flexibility index (Phi) is 5.17. The predicted octanol–water partition coefficient (Wildman–Crippen LogP) is 4.06. The Labute approximate surface area is 189 Å². The molecule has 0 spiro atoms. The summed E-state index contributed by atoms with van der Waals surface area (Å²) in [5.74, 6) is -0.170. The number of aryl methyl sites for hydroxylation is 5. The number of fused-ring (bicyclic) bond motifs is 2. The first-order valence-electron chi connectivity index (χ1n) is 10.8. The normalized spacial score (nSPS) is 13.3. The maximum Gasteiger partial charge on any atom is 0.276 e. The lowest BCUT2D eigenvalue weighted by atomic mass is 9.90. The number of rotatable bonds is 4. The molecule has 3 aromatic heterocycles. The van der Waals surface area contributed by atoms with Crippen LogP contribution in [0.2, 0.25) is 0 Å². The van der Waals surface area contributed by atoms with Gasteiger partial charge in [0.2, 0.25) is 5.91 Å². The van der Waals surface area contributed by atoms with E-state index >= 15 is 0 Å². The Morgan fingerprint density at radius 2 is 1.97 bits per heavy atom. The molecule has 0 radical (unpaired) electrons. The molecule has 7 nitrogen and oxygen atoms in total. The van der Waals surface area contributed by atoms with Gasteiger partial charge in [-0.1, -0.05) is 12.1 Å². The molecule has 0 bridgehead atoms. The summed E-state index contributed by atoms with van der Waals surface area (Å²) >= 11 is 1.42. The van der Waals surface area contributed by atoms with E-state index in [1.54, 1.807) is 7.05 Å². The second-order valence-corrected chi connectivity index (χ2v) is 9.31. The van der Waals surface area contributed by atoms with E-state index in [0.717, 1.165) is 40.9 Å². The van der Waals surface area contributed by atoms with Crippen molar-refractivity contribution in [3.05, 3.63) is 61.9 Å². The topological polar surface area (TPSA) is 92.7 Å². The van der Waals surface area contributed by atoms with Crippen molar-refractivity contribution in [3.8, 4) is 11.3 Å². The molecule has 1 aliphatic carbocycles. The zero-order valence-corrected chi connectivity index (χ0v) is 19.2. The van der Waals surface area contributed by atoms with Crippen molar-refractivity contribution in [2.45, 2.75) is 46.0 Å². The number of hydrogen-bond acceptors (Lipinski definition) is 5. The number of aromatic nitrogens is 4. The molecule has 4 aromatic rings. The molecule has 2 N–H and O–H groups in total. The highest BCUT2D eigenvalue weighted by atomic mass is 32.1. The second-order valence-electron chi connectivity index (χ2n) is 8.45. The van der Waals surface area contributed by atoms with Crippen LogP contribution in [0.25, 0.3) is 22.3 Å². The van der Waals surface area contributed by atoms with E-state index in [9.17, 15) is 9.59 Å². The van der Waals surface area contributed by atoms with Crippen LogP contribution >= 0.6 is 11.3 Å². The van der Waals surface area contributed by atoms with E-state index in [0.29, 0.717) is 16.2 Å². The monoisotopic (exact) mass is 447 g/mol. The number of thiazole rings is 1. The van der Waals surface area contributed by atoms with Crippen molar-refractivity contribution in [1.29, 1.82) is 0 Å². The van der Waals surface area contributed by atoms with Crippen LogP contribution in [0.5, 0.6) is 0 Å². The number of H-pyrrole nitrogens is 1. The van der Waals surface area contributed by atoms with Gasteiger partial charge in [0.15, 0.2) is 10.8 Å². The Hall–Kier alpha value is -3.26. The molecule has 164 valence electrons. The van der Waals surface area contributed by atoms with E-state index in [1.807, 2.05) is 19.2 Å². The summed E-state index contributed by atoms with van der Waals surface area (Å²) in [7, 11) is 1.66. The fourth-order valence-electron chi connectivity index (χ4n) is 4.55. The molecule has 3 heterocycles. The van der Waals surface area contributed by atoms with Gasteiger partial charge in [-0.25, -0.2) is 9.97 Å². The highest BCUT2D eigenvalue weighted by Crippen LogP contribution is 2.30. The number of pyridine rings is 1. The molecule has 1 amide bonds. The third-order valence-electron chi connectivity index (χ3n) is 6.30. The summed E-state index contributed by atoms with van der Waals surface area (Å²) in [5, 5.41) is 8.95. The SMILES string of the molecule is Cc1nc2[nH]n(C)c(=O)c2c(C)c1CC(=O)Nc1nc(-c2ccc3c(c2)CCCC3)cs1. The van der Waals surface area contributed by atoms with Gasteiger partial charge < -0.3 is 5.32 Å². The van der Waals surface area contributed by atoms with Gasteiger partial charge in [0, 0.05) is 23.7 Å². The average molecular weight is 448 g/mol. The average Bonchev–Trinajstić information content (AvgIpc) is 3.35. The molecule has 0 fully saturated rings. The third-order valence-corrected chi connectivity index (χ3v) is 7.06. The van der Waals surface area contributed by atoms with E-state index in [1.165, 1.54) is 40.0 Å². The molecule has 0 aliphatic heterocycles. The molecule has 32 heavy (non-hydrogen) atoms. The molecule has 0 unspecified atom stereocenters. The lowest BCUT2D eigenvalue weighted by Gasteiger charge is -2.16. The first-order valence-corrected chi connectivity index (χ1v) is 11.7. The van der Waals surface area contributed by atoms with Crippen molar-refractivity contribution in [2.24, 2.45) is 7.05 Å². The van der Waals surface area contributed by atoms with E-state index < -0.39 is 0 Å². The minimum atomic E-state index is -0.170. The number of nitrogens with one attached hydrogen (secondary N) is 2. The van der Waals surface area contributed by atoms with Gasteiger partial charge in [-0.05, 0) is 67.9 Å². The second kappa shape index (κ2) is 8.02. The molecule has 1 aromatic carbocycles. The number of anilines is 1. The maximum atomic E-state index is 12.8. The molecule has 0 saturated heterocycles. The van der Waals surface area contributed by atoms with Gasteiger partial charge in [-0.15, -0.1) is 11.3 Å². The highest BCUT2D eigenvalue weighted by molar-refractivity contribution is 7.14. The van der Waals surface area contributed by atoms with Crippen LogP contribution in [0.15, 0.2) is 28.4 Å². The quantitative estimate of drug-likeness (QED) is 0.493. The number of carbonyl (C=O) groups is 1. The Morgan fingerprint density at radius 3 is 2.78 bits per heavy atom. The number of nitrogens with zero attached hydrogens (tertiary/aromatic N) is 3. The summed E-state index contributed by atoms with van der Waals surface area (Å²) in [4.78, 5) is 34.3. The zero-order chi connectivity index (χ0) is 22.4. The number of carbonyl (C=O) groups excluding carboxylic acids is 1. The van der Waals surface area contributed by atoms with Crippen molar-refractivity contribution in [2.75, 3.05) is 5.32 Å². The van der Waals surface area contributed by atoms with Gasteiger partial charge in [0.05, 0.1) is 17.5 Å². The maximum absolute atomic E-state index is 12.8. The van der Waals surface area contributed by atoms with Crippen LogP contribution in [0.4, 0.5) is 5.13 Å². The van der Waals surface area contributed by atoms with Gasteiger partial charge >= 0.3 is 0 Å². The summed E-state index contributed by atoms with van der Waals surface area (Å²) in [6.07, 6.45) is 4.92. The first-order chi connectivity index (χ1) is 15.4. The standard InChI is InChI=1S/C24H25N5O2S/c1-13-18(14(2)25-22-21(13)23(31)29(3)28-22)11-20(30)27-24-26-19(12-32-24)17-9-8-15-6-4-5-7-16(15)10-17/h8-10,12H,4-7,11H2,1-3H3,(H,25,28)(H,26,27,30). The summed E-state index contributed by atoms with van der Waals surface area (Å²) < 4.78 is 1.41. The molecular weight excluding hydrogens is 422 g/mol. The molecule has 0 atom stereocenters. The number of hydrogen-bond donors (Lipinski definition) is 2. The lowest BCUT2D eigenvalue weighted by Crippen LogP contribution is -2.17. The number of aromatic amines is 1. The largest absolute Gasteiger partial charge is 0.302 e. The summed E-state index contributed by atoms with van der Waals surface area (Å²) in [6.45, 7) is 3.73. The molecular formula is C24H25N5O2S. The summed E-state index contributed by atoms with van der Waals surface area (Å²) in [6, 6.07) is 6.57. The van der Waals surface area contributed by atoms with Crippen molar-refractivity contribution >= 4 is 33.4 Å². The van der Waals surface area contributed by atoms with Crippen LogP contribution < -0.4 is 10.9 Å². The Morgan fingerprint density at radius 1 is 1.19 bits per heavy atom. The minimum absolute atomic E-state index is 0.138. The van der Waals surface area contributed by atoms with Crippen LogP contribution in [-0.4, -0.2) is 25.7 Å². The van der Waals surface area contributed by atoms with Crippen molar-refractivity contribution in [3.63, 3.8) is 0 Å². The molecule has 5 rings (SSSR count). The lowest BCUT2D eigenvalue weighted by molar-refractivity contribution is -0.115. The third kappa shape index (κ3) is 3.64. The van der Waals surface area contributed by atoms with Gasteiger partial charge in [0.25, 0.3) is 5.56 Å². The van der Waals surface area contributed by atoms with Crippen LogP contribution in [-0.2, 0) is 31.1 Å². The predicted molar refractivity (Wildman–Crippen MR) is 127 cm³/mol. The van der Waals surface area contributed by atoms with Crippen molar-refractivity contribution in [1.82, 2.24) is 19.7 Å². The van der Waals surface area contributed by atoms with Gasteiger partial charge in [0.1, 0.15) is 0 Å². The highest BCUT2D eigenvalue weighted by Gasteiger charge is 2.18. The van der Waals surface area contributed by atoms with Gasteiger partial charge in [-0.2, -0.15) is 0 Å². The van der Waals surface area contributed by atoms with Crippen LogP contribution in [0, 0.1) is 13.8 Å². The van der Waals surface area contributed by atoms with E-state index in [2.05, 4.69) is 38.6 Å². The summed E-state index contributed by atoms with van der Waals surface area (Å²) in [5.41, 5.74) is 7.54. The zero-order valence-electron chi connectivity index (χ0n) is 18.4. The van der Waals surface area contributed by atoms with Crippen LogP contribution in [0.1, 0.15) is 40.8 Å². The smallest absolute Gasteiger partial charge is 0.276 e. The molecule has 0 saturated carbocycles. The van der Waals surface area contributed by atoms with E-state index in [-0.39, 0.29) is 17.9 Å². The number of amides is 1. The van der Waals surface area contributed by atoms with Gasteiger partial charge in [-0.3, -0.25) is 19.4 Å². The molecule has 8 heteroatoms. The fourth-order valence-corrected chi connectivity index (χ4v) is 5.29.